The topological polar surface area (TPSA) is 98.0 Å². The van der Waals surface area contributed by atoms with E-state index in [9.17, 15) is 12.8 Å². The van der Waals surface area contributed by atoms with Gasteiger partial charge >= 0.3 is 0 Å². The van der Waals surface area contributed by atoms with Gasteiger partial charge < -0.3 is 5.73 Å². The fourth-order valence-electron chi connectivity index (χ4n) is 1.56. The van der Waals surface area contributed by atoms with E-state index in [-0.39, 0.29) is 32.4 Å². The highest BCUT2D eigenvalue weighted by molar-refractivity contribution is 7.92. The number of nitrogen functional groups attached to an aromatic ring is 1. The second-order valence-corrected chi connectivity index (χ2v) is 6.50. The van der Waals surface area contributed by atoms with Gasteiger partial charge in [-0.15, -0.1) is 0 Å². The van der Waals surface area contributed by atoms with Crippen LogP contribution in [0.4, 0.5) is 15.9 Å². The predicted octanol–water partition coefficient (Wildman–Crippen LogP) is 2.61. The number of halogens is 3. The summed E-state index contributed by atoms with van der Waals surface area (Å²) in [6.45, 7) is 1.41. The first kappa shape index (κ1) is 15.7. The Hall–Kier alpha value is -1.64. The summed E-state index contributed by atoms with van der Waals surface area (Å²) in [4.78, 5) is 7.07. The van der Waals surface area contributed by atoms with E-state index in [1.165, 1.54) is 13.0 Å². The Kier molecular flexibility index (Phi) is 4.22. The molecule has 1 aromatic heterocycles. The van der Waals surface area contributed by atoms with Crippen molar-refractivity contribution >= 4 is 44.7 Å². The van der Waals surface area contributed by atoms with Crippen LogP contribution in [0.5, 0.6) is 0 Å². The first-order valence-corrected chi connectivity index (χ1v) is 7.71. The number of aromatic nitrogens is 2. The van der Waals surface area contributed by atoms with E-state index < -0.39 is 15.8 Å². The van der Waals surface area contributed by atoms with Crippen LogP contribution in [-0.4, -0.2) is 18.4 Å². The van der Waals surface area contributed by atoms with Crippen molar-refractivity contribution in [1.29, 1.82) is 0 Å². The van der Waals surface area contributed by atoms with Gasteiger partial charge in [-0.2, -0.15) is 4.98 Å². The van der Waals surface area contributed by atoms with Crippen molar-refractivity contribution < 1.29 is 12.8 Å². The zero-order chi connectivity index (χ0) is 15.8. The molecular formula is C11H9Cl2FN4O2S. The molecule has 0 spiro atoms. The maximum atomic E-state index is 13.4. The van der Waals surface area contributed by atoms with Crippen LogP contribution in [0.1, 0.15) is 5.56 Å². The molecule has 1 aromatic carbocycles. The number of hydrogen-bond donors (Lipinski definition) is 2. The van der Waals surface area contributed by atoms with Crippen molar-refractivity contribution in [3.63, 3.8) is 0 Å². The molecule has 0 saturated heterocycles. The summed E-state index contributed by atoms with van der Waals surface area (Å²) in [7, 11) is -4.01. The van der Waals surface area contributed by atoms with Crippen LogP contribution < -0.4 is 10.5 Å². The van der Waals surface area contributed by atoms with E-state index in [1.54, 1.807) is 0 Å². The van der Waals surface area contributed by atoms with Crippen LogP contribution >= 0.6 is 23.2 Å². The third-order valence-corrected chi connectivity index (χ3v) is 4.17. The van der Waals surface area contributed by atoms with Crippen LogP contribution in [0, 0.1) is 12.7 Å². The van der Waals surface area contributed by atoms with E-state index in [2.05, 4.69) is 14.7 Å². The predicted molar refractivity (Wildman–Crippen MR) is 78.4 cm³/mol. The Bertz CT molecular complexity index is 771. The molecule has 0 aliphatic carbocycles. The smallest absolute Gasteiger partial charge is 0.263 e. The lowest BCUT2D eigenvalue weighted by Crippen LogP contribution is -2.15. The van der Waals surface area contributed by atoms with E-state index in [1.807, 2.05) is 0 Å². The van der Waals surface area contributed by atoms with Crippen molar-refractivity contribution in [3.8, 4) is 0 Å². The highest BCUT2D eigenvalue weighted by atomic mass is 35.5. The SMILES string of the molecule is Cc1cc(S(=O)(=O)Nc2cc(Cl)nc(Cl)n2)cc(N)c1F. The number of nitrogens with zero attached hydrogens (tertiary/aromatic N) is 2. The average molecular weight is 351 g/mol. The summed E-state index contributed by atoms with van der Waals surface area (Å²) in [5.74, 6) is -0.775. The minimum Gasteiger partial charge on any atom is -0.396 e. The third kappa shape index (κ3) is 3.52. The zero-order valence-corrected chi connectivity index (χ0v) is 12.9. The summed E-state index contributed by atoms with van der Waals surface area (Å²) in [5, 5.41) is -0.238. The van der Waals surface area contributed by atoms with Crippen molar-refractivity contribution in [2.24, 2.45) is 0 Å². The molecule has 0 bridgehead atoms. The van der Waals surface area contributed by atoms with Gasteiger partial charge in [-0.25, -0.2) is 17.8 Å². The number of nitrogens with two attached hydrogens (primary N) is 1. The van der Waals surface area contributed by atoms with Gasteiger partial charge in [-0.05, 0) is 36.2 Å². The monoisotopic (exact) mass is 350 g/mol. The maximum absolute atomic E-state index is 13.4. The normalized spacial score (nSPS) is 11.4. The quantitative estimate of drug-likeness (QED) is 0.503. The Morgan fingerprint density at radius 1 is 1.24 bits per heavy atom. The van der Waals surface area contributed by atoms with Crippen molar-refractivity contribution in [3.05, 3.63) is 40.0 Å². The number of aryl methyl sites for hydroxylation is 1. The zero-order valence-electron chi connectivity index (χ0n) is 10.6. The van der Waals surface area contributed by atoms with Crippen LogP contribution in [0.2, 0.25) is 10.4 Å². The largest absolute Gasteiger partial charge is 0.396 e. The van der Waals surface area contributed by atoms with Crippen molar-refractivity contribution in [2.45, 2.75) is 11.8 Å². The lowest BCUT2D eigenvalue weighted by atomic mass is 10.2. The fraction of sp³-hybridized carbons (Fsp3) is 0.0909. The van der Waals surface area contributed by atoms with Crippen molar-refractivity contribution in [2.75, 3.05) is 10.5 Å². The number of nitrogens with one attached hydrogen (secondary N) is 1. The second-order valence-electron chi connectivity index (χ2n) is 4.09. The van der Waals surface area contributed by atoms with Gasteiger partial charge in [-0.3, -0.25) is 4.72 Å². The van der Waals surface area contributed by atoms with Gasteiger partial charge in [0.15, 0.2) is 0 Å². The molecule has 0 amide bonds. The molecular weight excluding hydrogens is 342 g/mol. The molecule has 3 N–H and O–H groups in total. The lowest BCUT2D eigenvalue weighted by Gasteiger charge is -2.10. The highest BCUT2D eigenvalue weighted by Crippen LogP contribution is 2.23. The number of rotatable bonds is 3. The number of benzene rings is 1. The summed E-state index contributed by atoms with van der Waals surface area (Å²) in [5.41, 5.74) is 5.26. The van der Waals surface area contributed by atoms with Gasteiger partial charge in [0.25, 0.3) is 10.0 Å². The molecule has 6 nitrogen and oxygen atoms in total. The van der Waals surface area contributed by atoms with E-state index in [0.717, 1.165) is 12.1 Å². The Morgan fingerprint density at radius 3 is 2.48 bits per heavy atom. The summed E-state index contributed by atoms with van der Waals surface area (Å²) < 4.78 is 40.0. The maximum Gasteiger partial charge on any atom is 0.263 e. The summed E-state index contributed by atoms with van der Waals surface area (Å²) in [6.07, 6.45) is 0. The number of hydrogen-bond acceptors (Lipinski definition) is 5. The molecule has 112 valence electrons. The third-order valence-electron chi connectivity index (χ3n) is 2.47. The van der Waals surface area contributed by atoms with Gasteiger partial charge in [0.1, 0.15) is 16.8 Å². The molecule has 0 fully saturated rings. The average Bonchev–Trinajstić information content (AvgIpc) is 2.33. The van der Waals surface area contributed by atoms with E-state index in [0.29, 0.717) is 0 Å². The van der Waals surface area contributed by atoms with Crippen LogP contribution in [-0.2, 0) is 10.0 Å². The van der Waals surface area contributed by atoms with Crippen LogP contribution in [0.3, 0.4) is 0 Å². The first-order valence-electron chi connectivity index (χ1n) is 5.47. The van der Waals surface area contributed by atoms with Gasteiger partial charge in [0.05, 0.1) is 10.6 Å². The summed E-state index contributed by atoms with van der Waals surface area (Å²) in [6, 6.07) is 3.35. The molecule has 0 radical (unpaired) electrons. The fourth-order valence-corrected chi connectivity index (χ4v) is 3.08. The highest BCUT2D eigenvalue weighted by Gasteiger charge is 2.18. The van der Waals surface area contributed by atoms with Crippen LogP contribution in [0.25, 0.3) is 0 Å². The molecule has 0 aliphatic rings. The molecule has 1 heterocycles. The van der Waals surface area contributed by atoms with E-state index in [4.69, 9.17) is 28.9 Å². The van der Waals surface area contributed by atoms with E-state index >= 15 is 0 Å². The molecule has 2 rings (SSSR count). The number of sulfonamides is 1. The van der Waals surface area contributed by atoms with Gasteiger partial charge in [0, 0.05) is 6.07 Å². The lowest BCUT2D eigenvalue weighted by molar-refractivity contribution is 0.599. The molecule has 10 heteroatoms. The number of anilines is 2. The minimum atomic E-state index is -4.01. The Labute approximate surface area is 130 Å². The van der Waals surface area contributed by atoms with Crippen molar-refractivity contribution in [1.82, 2.24) is 9.97 Å². The van der Waals surface area contributed by atoms with Gasteiger partial charge in [-0.1, -0.05) is 11.6 Å². The minimum absolute atomic E-state index is 0.0255. The molecule has 0 saturated carbocycles. The van der Waals surface area contributed by atoms with Crippen LogP contribution in [0.15, 0.2) is 23.1 Å². The molecule has 0 atom stereocenters. The molecule has 0 unspecified atom stereocenters. The first-order chi connectivity index (χ1) is 9.69. The Morgan fingerprint density at radius 2 is 1.90 bits per heavy atom. The molecule has 0 aliphatic heterocycles. The standard InChI is InChI=1S/C11H9Cl2FN4O2S/c1-5-2-6(3-7(15)10(5)14)21(19,20)18-9-4-8(12)16-11(13)17-9/h2-4H,15H2,1H3,(H,16,17,18). The molecule has 21 heavy (non-hydrogen) atoms. The second kappa shape index (κ2) is 5.63. The Balaban J connectivity index is 2.43. The molecule has 2 aromatic rings. The summed E-state index contributed by atoms with van der Waals surface area (Å²) >= 11 is 11.2. The van der Waals surface area contributed by atoms with Gasteiger partial charge in [0.2, 0.25) is 5.28 Å².